The van der Waals surface area contributed by atoms with Crippen molar-refractivity contribution in [2.45, 2.75) is 6.92 Å². The summed E-state index contributed by atoms with van der Waals surface area (Å²) >= 11 is 0. The predicted molar refractivity (Wildman–Crippen MR) is 46.3 cm³/mol. The van der Waals surface area contributed by atoms with Crippen LogP contribution in [0.1, 0.15) is 6.92 Å². The molecule has 0 bridgehead atoms. The Kier molecular flexibility index (Phi) is 4.21. The van der Waals surface area contributed by atoms with Gasteiger partial charge in [0.2, 0.25) is 5.91 Å². The fraction of sp³-hybridized carbons (Fsp3) is 0.143. The maximum absolute atomic E-state index is 10.4. The zero-order chi connectivity index (χ0) is 9.56. The molecule has 1 amide bonds. The van der Waals surface area contributed by atoms with Gasteiger partial charge in [-0.25, -0.2) is 0 Å². The smallest absolute Gasteiger partial charge is 0.271 e. The number of H-pyrrole nitrogens is 1. The second kappa shape index (κ2) is 4.95. The number of hydrogen-bond donors (Lipinski definition) is 3. The molecule has 5 N–H and O–H groups in total. The van der Waals surface area contributed by atoms with Gasteiger partial charge in [0.25, 0.3) is 5.56 Å². The molecule has 1 aromatic heterocycles. The largest absolute Gasteiger partial charge is 0.394 e. The molecule has 0 aromatic carbocycles. The van der Waals surface area contributed by atoms with Crippen LogP contribution in [0.5, 0.6) is 0 Å². The minimum Gasteiger partial charge on any atom is -0.394 e. The van der Waals surface area contributed by atoms with E-state index in [-0.39, 0.29) is 17.2 Å². The van der Waals surface area contributed by atoms with Gasteiger partial charge in [0, 0.05) is 13.1 Å². The summed E-state index contributed by atoms with van der Waals surface area (Å²) in [7, 11) is 0. The summed E-state index contributed by atoms with van der Waals surface area (Å²) in [5.74, 6) is -0.333. The zero-order valence-corrected chi connectivity index (χ0v) is 6.70. The van der Waals surface area contributed by atoms with Gasteiger partial charge in [0.05, 0.1) is 5.69 Å². The van der Waals surface area contributed by atoms with E-state index in [0.29, 0.717) is 0 Å². The van der Waals surface area contributed by atoms with Crippen LogP contribution in [-0.4, -0.2) is 10.9 Å². The third kappa shape index (κ3) is 5.04. The van der Waals surface area contributed by atoms with E-state index in [9.17, 15) is 9.59 Å². The molecule has 1 aromatic rings. The van der Waals surface area contributed by atoms with Crippen LogP contribution >= 0.6 is 0 Å². The first-order valence-electron chi connectivity index (χ1n) is 3.23. The molecule has 0 unspecified atom stereocenters. The number of nitrogens with one attached hydrogen (secondary N) is 1. The van der Waals surface area contributed by atoms with Crippen LogP contribution in [0.4, 0.5) is 5.69 Å². The summed E-state index contributed by atoms with van der Waals surface area (Å²) in [6, 6.07) is 3.23. The van der Waals surface area contributed by atoms with E-state index in [0.717, 1.165) is 0 Å². The van der Waals surface area contributed by atoms with E-state index in [4.69, 9.17) is 5.73 Å². The molecule has 66 valence electrons. The van der Waals surface area contributed by atoms with Gasteiger partial charge in [-0.1, -0.05) is 0 Å². The van der Waals surface area contributed by atoms with Crippen molar-refractivity contribution in [2.24, 2.45) is 5.73 Å². The summed E-state index contributed by atoms with van der Waals surface area (Å²) in [5.41, 5.74) is 9.68. The first-order chi connectivity index (χ1) is 5.54. The first-order valence-corrected chi connectivity index (χ1v) is 3.23. The average Bonchev–Trinajstić information content (AvgIpc) is 1.94. The SMILES string of the molecule is CC(N)=O.Nc1ccc[nH]c1=O. The molecule has 0 saturated carbocycles. The highest BCUT2D eigenvalue weighted by atomic mass is 16.1. The van der Waals surface area contributed by atoms with E-state index < -0.39 is 0 Å². The molecule has 0 radical (unpaired) electrons. The summed E-state index contributed by atoms with van der Waals surface area (Å²) < 4.78 is 0. The van der Waals surface area contributed by atoms with Crippen LogP contribution < -0.4 is 17.0 Å². The van der Waals surface area contributed by atoms with Crippen molar-refractivity contribution >= 4 is 11.6 Å². The Morgan fingerprint density at radius 1 is 1.58 bits per heavy atom. The predicted octanol–water partition coefficient (Wildman–Crippen LogP) is -0.551. The highest BCUT2D eigenvalue weighted by Gasteiger charge is 1.84. The summed E-state index contributed by atoms with van der Waals surface area (Å²) in [6.45, 7) is 1.31. The molecule has 0 aliphatic heterocycles. The van der Waals surface area contributed by atoms with E-state index >= 15 is 0 Å². The first kappa shape index (κ1) is 10.2. The lowest BCUT2D eigenvalue weighted by atomic mass is 10.4. The van der Waals surface area contributed by atoms with E-state index in [1.54, 1.807) is 18.3 Å². The number of primary amides is 1. The maximum Gasteiger partial charge on any atom is 0.271 e. The number of nitrogen functional groups attached to an aromatic ring is 1. The molecule has 0 fully saturated rings. The van der Waals surface area contributed by atoms with E-state index in [1.165, 1.54) is 6.92 Å². The molecule has 0 aliphatic carbocycles. The number of carbonyl (C=O) groups excluding carboxylic acids is 1. The Bertz CT molecular complexity index is 302. The molecule has 12 heavy (non-hydrogen) atoms. The standard InChI is InChI=1S/C5H6N2O.C2H5NO/c6-4-2-1-3-7-5(4)8;1-2(3)4/h1-3H,6H2,(H,7,8);1H3,(H2,3,4). The fourth-order valence-corrected chi connectivity index (χ4v) is 0.435. The van der Waals surface area contributed by atoms with E-state index in [1.807, 2.05) is 0 Å². The highest BCUT2D eigenvalue weighted by Crippen LogP contribution is 1.84. The Morgan fingerprint density at radius 3 is 2.33 bits per heavy atom. The van der Waals surface area contributed by atoms with Crippen molar-refractivity contribution in [3.8, 4) is 0 Å². The van der Waals surface area contributed by atoms with E-state index in [2.05, 4.69) is 10.7 Å². The minimum atomic E-state index is -0.333. The van der Waals surface area contributed by atoms with Crippen LogP contribution in [0.3, 0.4) is 0 Å². The molecule has 0 saturated heterocycles. The number of rotatable bonds is 0. The normalized spacial score (nSPS) is 8.08. The number of pyridine rings is 1. The van der Waals surface area contributed by atoms with Crippen molar-refractivity contribution in [1.82, 2.24) is 4.98 Å². The van der Waals surface area contributed by atoms with Crippen LogP contribution in [0, 0.1) is 0 Å². The second-order valence-electron chi connectivity index (χ2n) is 2.07. The molecular weight excluding hydrogens is 158 g/mol. The zero-order valence-electron chi connectivity index (χ0n) is 6.70. The quantitative estimate of drug-likeness (QED) is 0.485. The van der Waals surface area contributed by atoms with Crippen molar-refractivity contribution in [2.75, 3.05) is 5.73 Å². The van der Waals surface area contributed by atoms with Crippen molar-refractivity contribution < 1.29 is 4.79 Å². The third-order valence-corrected chi connectivity index (χ3v) is 0.849. The summed E-state index contributed by atoms with van der Waals surface area (Å²) in [5, 5.41) is 0. The van der Waals surface area contributed by atoms with Gasteiger partial charge in [0.1, 0.15) is 0 Å². The molecule has 5 heteroatoms. The lowest BCUT2D eigenvalue weighted by Gasteiger charge is -1.84. The molecule has 0 spiro atoms. The molecular formula is C7H11N3O2. The average molecular weight is 169 g/mol. The maximum atomic E-state index is 10.4. The van der Waals surface area contributed by atoms with Gasteiger partial charge < -0.3 is 16.5 Å². The summed E-state index contributed by atoms with van der Waals surface area (Å²) in [4.78, 5) is 22.1. The van der Waals surface area contributed by atoms with Gasteiger partial charge in [0.15, 0.2) is 0 Å². The lowest BCUT2D eigenvalue weighted by molar-refractivity contribution is -0.115. The molecule has 0 atom stereocenters. The summed E-state index contributed by atoms with van der Waals surface area (Å²) in [6.07, 6.45) is 1.54. The van der Waals surface area contributed by atoms with Crippen molar-refractivity contribution in [3.63, 3.8) is 0 Å². The Morgan fingerprint density at radius 2 is 2.08 bits per heavy atom. The van der Waals surface area contributed by atoms with Crippen LogP contribution in [0.2, 0.25) is 0 Å². The van der Waals surface area contributed by atoms with Crippen LogP contribution in [-0.2, 0) is 4.79 Å². The lowest BCUT2D eigenvalue weighted by Crippen LogP contribution is -2.08. The molecule has 0 aliphatic rings. The van der Waals surface area contributed by atoms with Gasteiger partial charge in [-0.15, -0.1) is 0 Å². The van der Waals surface area contributed by atoms with Gasteiger partial charge in [-0.05, 0) is 12.1 Å². The van der Waals surface area contributed by atoms with Gasteiger partial charge >= 0.3 is 0 Å². The molecule has 1 rings (SSSR count). The number of nitrogens with two attached hydrogens (primary N) is 2. The van der Waals surface area contributed by atoms with Crippen LogP contribution in [0.25, 0.3) is 0 Å². The topological polar surface area (TPSA) is 102 Å². The number of aromatic nitrogens is 1. The highest BCUT2D eigenvalue weighted by molar-refractivity contribution is 5.70. The second-order valence-corrected chi connectivity index (χ2v) is 2.07. The minimum absolute atomic E-state index is 0.229. The third-order valence-electron chi connectivity index (χ3n) is 0.849. The number of hydrogen-bond acceptors (Lipinski definition) is 3. The fourth-order valence-electron chi connectivity index (χ4n) is 0.435. The number of aromatic amines is 1. The Balaban J connectivity index is 0.000000261. The van der Waals surface area contributed by atoms with Crippen molar-refractivity contribution in [3.05, 3.63) is 28.7 Å². The van der Waals surface area contributed by atoms with Crippen LogP contribution in [0.15, 0.2) is 23.1 Å². The number of anilines is 1. The Labute approximate surface area is 69.4 Å². The number of amides is 1. The van der Waals surface area contributed by atoms with Gasteiger partial charge in [-0.2, -0.15) is 0 Å². The monoisotopic (exact) mass is 169 g/mol. The molecule has 5 nitrogen and oxygen atoms in total. The molecule has 1 heterocycles. The Hall–Kier alpha value is -1.78. The van der Waals surface area contributed by atoms with Crippen molar-refractivity contribution in [1.29, 1.82) is 0 Å². The van der Waals surface area contributed by atoms with Gasteiger partial charge in [-0.3, -0.25) is 9.59 Å². The number of carbonyl (C=O) groups is 1.